The Hall–Kier alpha value is -4.64. The Bertz CT molecular complexity index is 1550. The second-order valence-corrected chi connectivity index (χ2v) is 9.41. The van der Waals surface area contributed by atoms with E-state index in [-0.39, 0.29) is 30.6 Å². The minimum Gasteiger partial charge on any atom is -0.753 e. The fraction of sp³-hybridized carbons (Fsp3) is 0.200. The summed E-state index contributed by atoms with van der Waals surface area (Å²) in [7, 11) is 0. The molecule has 0 atom stereocenters. The maximum Gasteiger partial charge on any atom is 2.00 e. The molecule has 12 nitrogen and oxygen atoms in total. The number of hydrogen-bond donors (Lipinski definition) is 2. The molecule has 0 spiro atoms. The molecule has 0 unspecified atom stereocenters. The zero-order chi connectivity index (χ0) is 31.9. The molecule has 0 bridgehead atoms. The van der Waals surface area contributed by atoms with Crippen LogP contribution in [0.4, 0.5) is 0 Å². The van der Waals surface area contributed by atoms with Crippen molar-refractivity contribution in [1.82, 2.24) is 19.9 Å². The van der Waals surface area contributed by atoms with E-state index >= 15 is 0 Å². The number of hydrogen-bond acceptors (Lipinski definition) is 10. The van der Waals surface area contributed by atoms with Crippen LogP contribution < -0.4 is 9.47 Å². The summed E-state index contributed by atoms with van der Waals surface area (Å²) in [6.07, 6.45) is 11.6. The average molecular weight is 730 g/mol. The molecule has 230 valence electrons. The van der Waals surface area contributed by atoms with Gasteiger partial charge in [0, 0.05) is 36.9 Å². The number of thiocarbonyl (C=S) groups is 2. The van der Waals surface area contributed by atoms with Crippen LogP contribution in [0.2, 0.25) is 0 Å². The average Bonchev–Trinajstić information content (AvgIpc) is 3.97. The molecule has 2 saturated carbocycles. The number of pyridine rings is 4. The first-order chi connectivity index (χ1) is 21.3. The third-order valence-corrected chi connectivity index (χ3v) is 5.66. The summed E-state index contributed by atoms with van der Waals surface area (Å²) in [5, 5.41) is 34.6. The molecule has 2 fully saturated rings. The quantitative estimate of drug-likeness (QED) is 0.121. The monoisotopic (exact) mass is 730 g/mol. The molecule has 4 aromatic rings. The van der Waals surface area contributed by atoms with Gasteiger partial charge in [0.05, 0.1) is 46.1 Å². The Labute approximate surface area is 281 Å². The zero-order valence-electron chi connectivity index (χ0n) is 23.3. The summed E-state index contributed by atoms with van der Waals surface area (Å²) in [4.78, 5) is 38.3. The Morgan fingerprint density at radius 2 is 0.933 bits per heavy atom. The van der Waals surface area contributed by atoms with Crippen LogP contribution in [-0.2, 0) is 19.5 Å². The topological polar surface area (TPSA) is 189 Å². The van der Waals surface area contributed by atoms with Crippen LogP contribution in [0.25, 0.3) is 33.6 Å². The van der Waals surface area contributed by atoms with Gasteiger partial charge < -0.3 is 30.5 Å². The van der Waals surface area contributed by atoms with Gasteiger partial charge in [0.2, 0.25) is 0 Å². The van der Waals surface area contributed by atoms with Crippen LogP contribution in [0.1, 0.15) is 46.4 Å². The molecule has 2 aliphatic rings. The summed E-state index contributed by atoms with van der Waals surface area (Å²) >= 11 is 7.40. The molecular formula is C30H24N6O6RuS2. The number of carbonyl (C=O) groups is 2. The first-order valence-electron chi connectivity index (χ1n) is 12.9. The van der Waals surface area contributed by atoms with Crippen molar-refractivity contribution < 1.29 is 48.8 Å². The molecule has 0 radical (unpaired) electrons. The van der Waals surface area contributed by atoms with Gasteiger partial charge in [-0.1, -0.05) is 24.4 Å². The number of nitrogens with zero attached hydrogens (tertiary/aromatic N) is 6. The molecule has 45 heavy (non-hydrogen) atoms. The summed E-state index contributed by atoms with van der Waals surface area (Å²) in [5.41, 5.74) is 2.43. The van der Waals surface area contributed by atoms with Crippen LogP contribution in [0.15, 0.2) is 73.3 Å². The minimum absolute atomic E-state index is 0. The Kier molecular flexibility index (Phi) is 15.4. The molecular weight excluding hydrogens is 706 g/mol. The van der Waals surface area contributed by atoms with Crippen molar-refractivity contribution in [3.8, 4) is 34.3 Å². The third-order valence-electron chi connectivity index (χ3n) is 5.66. The van der Waals surface area contributed by atoms with Gasteiger partial charge >= 0.3 is 31.4 Å². The summed E-state index contributed by atoms with van der Waals surface area (Å²) < 4.78 is 11.6. The van der Waals surface area contributed by atoms with Crippen LogP contribution in [0.5, 0.6) is 11.5 Å². The van der Waals surface area contributed by atoms with E-state index in [0.29, 0.717) is 23.6 Å². The number of aromatic carboxylic acids is 2. The minimum atomic E-state index is -1.08. The van der Waals surface area contributed by atoms with Crippen LogP contribution in [0.3, 0.4) is 0 Å². The Morgan fingerprint density at radius 3 is 1.22 bits per heavy atom. The van der Waals surface area contributed by atoms with Gasteiger partial charge in [-0.05, 0) is 62.1 Å². The van der Waals surface area contributed by atoms with Crippen LogP contribution in [0, 0.1) is 0 Å². The van der Waals surface area contributed by atoms with Crippen molar-refractivity contribution in [2.75, 3.05) is 0 Å². The van der Waals surface area contributed by atoms with E-state index in [9.17, 15) is 9.59 Å². The maximum absolute atomic E-state index is 10.8. The summed E-state index contributed by atoms with van der Waals surface area (Å²) in [6.45, 7) is 0. The number of rotatable bonds is 8. The van der Waals surface area contributed by atoms with Crippen molar-refractivity contribution >= 4 is 46.7 Å². The van der Waals surface area contributed by atoms with E-state index in [1.165, 1.54) is 47.0 Å². The fourth-order valence-electron chi connectivity index (χ4n) is 3.41. The molecule has 0 aromatic carbocycles. The van der Waals surface area contributed by atoms with Crippen molar-refractivity contribution in [2.24, 2.45) is 0 Å². The van der Waals surface area contributed by atoms with E-state index in [2.05, 4.69) is 44.4 Å². The third kappa shape index (κ3) is 12.9. The van der Waals surface area contributed by atoms with Crippen molar-refractivity contribution in [3.05, 3.63) is 95.3 Å². The number of carboxylic acid groups (broad SMARTS) is 2. The van der Waals surface area contributed by atoms with E-state index in [1.807, 2.05) is 24.3 Å². The molecule has 4 aromatic heterocycles. The number of ether oxygens (including phenoxy) is 2. The van der Waals surface area contributed by atoms with Gasteiger partial charge in [-0.15, -0.1) is 0 Å². The van der Waals surface area contributed by atoms with E-state index in [4.69, 9.17) is 30.5 Å². The van der Waals surface area contributed by atoms with Crippen LogP contribution in [-0.4, -0.2) is 64.6 Å². The van der Waals surface area contributed by atoms with Gasteiger partial charge in [0.25, 0.3) is 0 Å². The molecule has 0 aliphatic heterocycles. The normalized spacial score (nSPS) is 12.3. The largest absolute Gasteiger partial charge is 2.00 e. The molecule has 0 amide bonds. The second-order valence-electron chi connectivity index (χ2n) is 9.04. The zero-order valence-corrected chi connectivity index (χ0v) is 26.7. The summed E-state index contributed by atoms with van der Waals surface area (Å²) in [6, 6.07) is 13.1. The second kappa shape index (κ2) is 18.9. The number of carboxylic acids is 2. The maximum atomic E-state index is 10.8. The Morgan fingerprint density at radius 1 is 0.644 bits per heavy atom. The van der Waals surface area contributed by atoms with Gasteiger partial charge in [-0.3, -0.25) is 19.9 Å². The molecule has 0 saturated heterocycles. The van der Waals surface area contributed by atoms with Crippen molar-refractivity contribution in [3.63, 3.8) is 0 Å². The SMILES string of the molecule is O=C(O)c1ccnc(-c2cc(C(=O)O)ccn2)c1.[N-]=C=S.[N-]=C=S.[Ru+2].c1cc(OC2CC2)cc(-c2cc(OC3CC3)ccn2)n1. The first kappa shape index (κ1) is 36.6. The number of aromatic nitrogens is 4. The molecule has 6 rings (SSSR count). The van der Waals surface area contributed by atoms with Crippen molar-refractivity contribution in [2.45, 2.75) is 37.9 Å². The van der Waals surface area contributed by atoms with E-state index in [0.717, 1.165) is 48.6 Å². The molecule has 15 heteroatoms. The fourth-order valence-corrected chi connectivity index (χ4v) is 3.41. The molecule has 4 heterocycles. The van der Waals surface area contributed by atoms with Gasteiger partial charge in [-0.2, -0.15) is 10.3 Å². The molecule has 2 N–H and O–H groups in total. The van der Waals surface area contributed by atoms with Crippen molar-refractivity contribution in [1.29, 1.82) is 0 Å². The van der Waals surface area contributed by atoms with Crippen LogP contribution >= 0.6 is 24.4 Å². The standard InChI is InChI=1S/C16H16N2O2.C12H8N2O4.2CNS.Ru/c1-2-11(1)19-13-5-7-17-15(9-13)16-10-14(6-8-18-16)20-12-3-4-12;15-11(16)7-1-3-13-9(5-7)10-6-8(12(17)18)2-4-14-10;2*2-1-3;/h5-12H,1-4H2;1-6H,(H,15,16)(H,17,18);;;/q;;2*-1;+2. The smallest absolute Gasteiger partial charge is 0.753 e. The Balaban J connectivity index is 0.000000264. The van der Waals surface area contributed by atoms with Gasteiger partial charge in [-0.25, -0.2) is 9.59 Å². The first-order valence-corrected chi connectivity index (χ1v) is 13.8. The predicted octanol–water partition coefficient (Wildman–Crippen LogP) is 6.08. The predicted molar refractivity (Wildman–Crippen MR) is 168 cm³/mol. The van der Waals surface area contributed by atoms with E-state index < -0.39 is 11.9 Å². The van der Waals surface area contributed by atoms with Gasteiger partial charge in [0.1, 0.15) is 11.5 Å². The molecule has 2 aliphatic carbocycles. The van der Waals surface area contributed by atoms with E-state index in [1.54, 1.807) is 12.4 Å². The summed E-state index contributed by atoms with van der Waals surface area (Å²) in [5.74, 6) is -0.415. The van der Waals surface area contributed by atoms with Gasteiger partial charge in [0.15, 0.2) is 0 Å². The number of isothiocyanates is 2.